The number of sulfonamides is 1. The fourth-order valence-corrected chi connectivity index (χ4v) is 6.08. The molecule has 2 amide bonds. The van der Waals surface area contributed by atoms with Gasteiger partial charge in [-0.25, -0.2) is 12.8 Å². The van der Waals surface area contributed by atoms with Gasteiger partial charge < -0.3 is 15.0 Å². The Hall–Kier alpha value is -4.41. The number of nitrogens with zero attached hydrogens (tertiary/aromatic N) is 2. The molecular weight excluding hydrogens is 593 g/mol. The summed E-state index contributed by atoms with van der Waals surface area (Å²) in [6.45, 7) is -0.944. The highest BCUT2D eigenvalue weighted by molar-refractivity contribution is 7.92. The van der Waals surface area contributed by atoms with Crippen molar-refractivity contribution in [3.05, 3.63) is 125 Å². The van der Waals surface area contributed by atoms with E-state index in [0.717, 1.165) is 9.87 Å². The van der Waals surface area contributed by atoms with Gasteiger partial charge in [0.25, 0.3) is 10.0 Å². The molecule has 0 fully saturated rings. The molecule has 4 aromatic carbocycles. The molecule has 4 rings (SSSR count). The molecule has 43 heavy (non-hydrogen) atoms. The normalized spacial score (nSPS) is 11.8. The maximum absolute atomic E-state index is 14.9. The number of amides is 2. The monoisotopic (exact) mass is 623 g/mol. The number of carbonyl (C=O) groups excluding carboxylic acids is 2. The Morgan fingerprint density at radius 3 is 2.14 bits per heavy atom. The first-order valence-corrected chi connectivity index (χ1v) is 15.2. The molecule has 0 spiro atoms. The summed E-state index contributed by atoms with van der Waals surface area (Å²) in [6, 6.07) is 25.7. The second kappa shape index (κ2) is 14.2. The molecule has 1 atom stereocenters. The van der Waals surface area contributed by atoms with Crippen LogP contribution in [0.4, 0.5) is 10.1 Å². The summed E-state index contributed by atoms with van der Waals surface area (Å²) in [5.41, 5.74) is 1.12. The fraction of sp³-hybridized carbons (Fsp3) is 0.188. The molecule has 0 aliphatic heterocycles. The SMILES string of the molecule is CNC(=O)[C@H](Cc1ccccc1)N(Cc1ccccc1F)C(=O)CN(c1ccc(Cl)cc1)S(=O)(=O)c1ccc(OC)cc1. The highest BCUT2D eigenvalue weighted by Crippen LogP contribution is 2.27. The molecule has 8 nitrogen and oxygen atoms in total. The Kier molecular flexibility index (Phi) is 10.4. The van der Waals surface area contributed by atoms with Crippen LogP contribution in [-0.2, 0) is 32.6 Å². The van der Waals surface area contributed by atoms with Crippen LogP contribution < -0.4 is 14.4 Å². The third-order valence-electron chi connectivity index (χ3n) is 6.86. The number of ether oxygens (including phenoxy) is 1. The molecule has 0 saturated heterocycles. The topological polar surface area (TPSA) is 96.0 Å². The van der Waals surface area contributed by atoms with Gasteiger partial charge in [-0.15, -0.1) is 0 Å². The second-order valence-electron chi connectivity index (χ2n) is 9.60. The predicted molar refractivity (Wildman–Crippen MR) is 164 cm³/mol. The lowest BCUT2D eigenvalue weighted by molar-refractivity contribution is -0.139. The van der Waals surface area contributed by atoms with E-state index in [4.69, 9.17) is 16.3 Å². The number of anilines is 1. The molecule has 0 unspecified atom stereocenters. The van der Waals surface area contributed by atoms with Gasteiger partial charge in [-0.3, -0.25) is 13.9 Å². The minimum absolute atomic E-state index is 0.0798. The Labute approximate surface area is 255 Å². The highest BCUT2D eigenvalue weighted by atomic mass is 35.5. The number of rotatable bonds is 12. The van der Waals surface area contributed by atoms with Crippen molar-refractivity contribution in [1.82, 2.24) is 10.2 Å². The second-order valence-corrected chi connectivity index (χ2v) is 11.9. The quantitative estimate of drug-likeness (QED) is 0.238. The van der Waals surface area contributed by atoms with Gasteiger partial charge >= 0.3 is 0 Å². The zero-order valence-electron chi connectivity index (χ0n) is 23.6. The number of benzene rings is 4. The maximum atomic E-state index is 14.9. The van der Waals surface area contributed by atoms with Gasteiger partial charge in [0.1, 0.15) is 24.2 Å². The molecule has 4 aromatic rings. The number of methoxy groups -OCH3 is 1. The predicted octanol–water partition coefficient (Wildman–Crippen LogP) is 5.07. The van der Waals surface area contributed by atoms with Crippen molar-refractivity contribution in [3.63, 3.8) is 0 Å². The summed E-state index contributed by atoms with van der Waals surface area (Å²) in [5.74, 6) is -1.29. The Morgan fingerprint density at radius 1 is 0.907 bits per heavy atom. The van der Waals surface area contributed by atoms with Crippen LogP contribution in [0, 0.1) is 5.82 Å². The third kappa shape index (κ3) is 7.71. The molecule has 0 heterocycles. The van der Waals surface area contributed by atoms with Crippen molar-refractivity contribution in [1.29, 1.82) is 0 Å². The van der Waals surface area contributed by atoms with E-state index < -0.39 is 40.2 Å². The van der Waals surface area contributed by atoms with Crippen molar-refractivity contribution in [2.45, 2.75) is 23.9 Å². The lowest BCUT2D eigenvalue weighted by Gasteiger charge is -2.33. The average molecular weight is 624 g/mol. The Morgan fingerprint density at radius 2 is 1.53 bits per heavy atom. The van der Waals surface area contributed by atoms with Gasteiger partial charge in [-0.05, 0) is 60.2 Å². The molecule has 0 bridgehead atoms. The maximum Gasteiger partial charge on any atom is 0.264 e. The molecule has 0 aliphatic rings. The molecule has 0 aromatic heterocycles. The molecule has 1 N–H and O–H groups in total. The number of hydrogen-bond donors (Lipinski definition) is 1. The average Bonchev–Trinajstić information content (AvgIpc) is 3.02. The lowest BCUT2D eigenvalue weighted by Crippen LogP contribution is -2.53. The molecule has 0 radical (unpaired) electrons. The molecule has 0 saturated carbocycles. The van der Waals surface area contributed by atoms with E-state index in [9.17, 15) is 22.4 Å². The smallest absolute Gasteiger partial charge is 0.264 e. The fourth-order valence-electron chi connectivity index (χ4n) is 4.54. The number of nitrogens with one attached hydrogen (secondary N) is 1. The number of likely N-dealkylation sites (N-methyl/N-ethyl adjacent to an activating group) is 1. The molecule has 11 heteroatoms. The minimum Gasteiger partial charge on any atom is -0.497 e. The third-order valence-corrected chi connectivity index (χ3v) is 8.90. The Bertz CT molecular complexity index is 1650. The largest absolute Gasteiger partial charge is 0.497 e. The molecule has 0 aliphatic carbocycles. The number of hydrogen-bond acceptors (Lipinski definition) is 5. The van der Waals surface area contributed by atoms with E-state index in [-0.39, 0.29) is 29.1 Å². The van der Waals surface area contributed by atoms with E-state index >= 15 is 0 Å². The molecule has 224 valence electrons. The van der Waals surface area contributed by atoms with Crippen molar-refractivity contribution >= 4 is 39.1 Å². The van der Waals surface area contributed by atoms with Crippen molar-refractivity contribution in [2.75, 3.05) is 25.0 Å². The number of carbonyl (C=O) groups is 2. The van der Waals surface area contributed by atoms with Gasteiger partial charge in [-0.1, -0.05) is 60.1 Å². The van der Waals surface area contributed by atoms with Crippen molar-refractivity contribution in [3.8, 4) is 5.75 Å². The minimum atomic E-state index is -4.30. The summed E-state index contributed by atoms with van der Waals surface area (Å²) in [4.78, 5) is 28.6. The highest BCUT2D eigenvalue weighted by Gasteiger charge is 2.34. The first-order chi connectivity index (χ1) is 20.6. The van der Waals surface area contributed by atoms with Crippen LogP contribution in [-0.4, -0.2) is 51.9 Å². The van der Waals surface area contributed by atoms with Gasteiger partial charge in [0.15, 0.2) is 0 Å². The summed E-state index contributed by atoms with van der Waals surface area (Å²) < 4.78 is 48.9. The summed E-state index contributed by atoms with van der Waals surface area (Å²) in [7, 11) is -1.39. The van der Waals surface area contributed by atoms with Crippen LogP contribution in [0.15, 0.2) is 108 Å². The summed E-state index contributed by atoms with van der Waals surface area (Å²) >= 11 is 6.07. The van der Waals surface area contributed by atoms with Crippen LogP contribution in [0.5, 0.6) is 5.75 Å². The Balaban J connectivity index is 1.79. The van der Waals surface area contributed by atoms with Crippen molar-refractivity contribution in [2.24, 2.45) is 0 Å². The zero-order valence-corrected chi connectivity index (χ0v) is 25.2. The molecular formula is C32H31ClFN3O5S. The summed E-state index contributed by atoms with van der Waals surface area (Å²) in [6.07, 6.45) is 0.118. The van der Waals surface area contributed by atoms with E-state index in [1.807, 2.05) is 30.3 Å². The van der Waals surface area contributed by atoms with Crippen LogP contribution in [0.1, 0.15) is 11.1 Å². The first-order valence-electron chi connectivity index (χ1n) is 13.3. The van der Waals surface area contributed by atoms with E-state index in [1.165, 1.54) is 85.8 Å². The van der Waals surface area contributed by atoms with E-state index in [2.05, 4.69) is 5.32 Å². The van der Waals surface area contributed by atoms with Gasteiger partial charge in [0.05, 0.1) is 17.7 Å². The standard InChI is InChI=1S/C32H31ClFN3O5S/c1-35-32(39)30(20-23-8-4-3-5-9-23)36(21-24-10-6-7-11-29(24)34)31(38)22-37(26-14-12-25(33)13-15-26)43(40,41)28-18-16-27(42-2)17-19-28/h3-19,30H,20-22H2,1-2H3,(H,35,39)/t30-/m0/s1. The van der Waals surface area contributed by atoms with Crippen LogP contribution in [0.3, 0.4) is 0 Å². The summed E-state index contributed by atoms with van der Waals surface area (Å²) in [5, 5.41) is 2.97. The first kappa shape index (κ1) is 31.5. The van der Waals surface area contributed by atoms with Gasteiger partial charge in [0, 0.05) is 30.6 Å². The number of halogens is 2. The van der Waals surface area contributed by atoms with Gasteiger partial charge in [-0.2, -0.15) is 0 Å². The van der Waals surface area contributed by atoms with Crippen LogP contribution >= 0.6 is 11.6 Å². The van der Waals surface area contributed by atoms with E-state index in [1.54, 1.807) is 6.07 Å². The van der Waals surface area contributed by atoms with E-state index in [0.29, 0.717) is 10.8 Å². The zero-order chi connectivity index (χ0) is 31.0. The van der Waals surface area contributed by atoms with Crippen LogP contribution in [0.2, 0.25) is 5.02 Å². The van der Waals surface area contributed by atoms with Gasteiger partial charge in [0.2, 0.25) is 11.8 Å². The lowest BCUT2D eigenvalue weighted by atomic mass is 10.0. The van der Waals surface area contributed by atoms with Crippen LogP contribution in [0.25, 0.3) is 0 Å². The van der Waals surface area contributed by atoms with Crippen molar-refractivity contribution < 1.29 is 27.1 Å².